The number of benzene rings is 2. The van der Waals surface area contributed by atoms with Gasteiger partial charge in [0.2, 0.25) is 0 Å². The van der Waals surface area contributed by atoms with E-state index in [2.05, 4.69) is 0 Å². The Balaban J connectivity index is 2.22. The fourth-order valence-electron chi connectivity index (χ4n) is 1.71. The molecule has 2 nitrogen and oxygen atoms in total. The average molecular weight is 244 g/mol. The molecule has 0 fully saturated rings. The molecule has 0 bridgehead atoms. The highest BCUT2D eigenvalue weighted by atomic mass is 31.1. The normalized spacial score (nSPS) is 10.4. The van der Waals surface area contributed by atoms with Gasteiger partial charge in [0.05, 0.1) is 7.11 Å². The van der Waals surface area contributed by atoms with Crippen LogP contribution in [0.3, 0.4) is 0 Å². The number of hydrogen-bond donors (Lipinski definition) is 0. The lowest BCUT2D eigenvalue weighted by Crippen LogP contribution is -2.02. The van der Waals surface area contributed by atoms with Crippen LogP contribution in [0.4, 0.5) is 0 Å². The van der Waals surface area contributed by atoms with Crippen molar-refractivity contribution in [1.82, 2.24) is 0 Å². The summed E-state index contributed by atoms with van der Waals surface area (Å²) in [7, 11) is 1.73. The number of methoxy groups -OCH3 is 1. The molecule has 0 heterocycles. The number of rotatable bonds is 4. The summed E-state index contributed by atoms with van der Waals surface area (Å²) in [4.78, 5) is 0. The minimum atomic E-state index is 0.0756. The van der Waals surface area contributed by atoms with Gasteiger partial charge in [-0.25, -0.2) is 0 Å². The van der Waals surface area contributed by atoms with Crippen molar-refractivity contribution in [2.24, 2.45) is 0 Å². The molecule has 0 aromatic heterocycles. The Morgan fingerprint density at radius 1 is 1.06 bits per heavy atom. The van der Waals surface area contributed by atoms with Crippen molar-refractivity contribution < 1.29 is 9.30 Å². The molecule has 17 heavy (non-hydrogen) atoms. The molecule has 2 aromatic rings. The van der Waals surface area contributed by atoms with Gasteiger partial charge in [0, 0.05) is 5.30 Å². The number of ether oxygens (including phenoxy) is 1. The smallest absolute Gasteiger partial charge is 0.192 e. The van der Waals surface area contributed by atoms with Crippen LogP contribution in [0.2, 0.25) is 0 Å². The van der Waals surface area contributed by atoms with Crippen molar-refractivity contribution in [3.8, 4) is 5.75 Å². The zero-order valence-corrected chi connectivity index (χ0v) is 10.5. The molecule has 0 radical (unpaired) electrons. The molecule has 0 atom stereocenters. The molecule has 0 aliphatic heterocycles. The topological polar surface area (TPSA) is 26.3 Å². The predicted molar refractivity (Wildman–Crippen MR) is 69.5 cm³/mol. The summed E-state index contributed by atoms with van der Waals surface area (Å²) < 4.78 is 16.1. The molecule has 0 aliphatic carbocycles. The molecule has 0 saturated carbocycles. The molecular formula is C14H13O2P. The third-order valence-electron chi connectivity index (χ3n) is 2.64. The van der Waals surface area contributed by atoms with E-state index in [9.17, 15) is 4.57 Å². The van der Waals surface area contributed by atoms with Crippen LogP contribution >= 0.6 is 8.46 Å². The van der Waals surface area contributed by atoms with E-state index in [0.717, 1.165) is 23.0 Å². The summed E-state index contributed by atoms with van der Waals surface area (Å²) >= 11 is 0. The van der Waals surface area contributed by atoms with E-state index < -0.39 is 0 Å². The first-order valence-electron chi connectivity index (χ1n) is 5.37. The second-order valence-corrected chi connectivity index (χ2v) is 4.41. The van der Waals surface area contributed by atoms with Gasteiger partial charge < -0.3 is 4.74 Å². The molecule has 0 saturated heterocycles. The molecule has 0 amide bonds. The van der Waals surface area contributed by atoms with Gasteiger partial charge in [0.25, 0.3) is 0 Å². The quantitative estimate of drug-likeness (QED) is 0.772. The number of hydrogen-bond acceptors (Lipinski definition) is 2. The van der Waals surface area contributed by atoms with Crippen molar-refractivity contribution in [1.29, 1.82) is 0 Å². The van der Waals surface area contributed by atoms with Crippen molar-refractivity contribution in [2.45, 2.75) is 6.42 Å². The average Bonchev–Trinajstić information content (AvgIpc) is 2.40. The zero-order chi connectivity index (χ0) is 12.1. The zero-order valence-electron chi connectivity index (χ0n) is 9.59. The van der Waals surface area contributed by atoms with Crippen LogP contribution in [0.1, 0.15) is 11.1 Å². The van der Waals surface area contributed by atoms with Gasteiger partial charge in [0.1, 0.15) is 5.75 Å². The van der Waals surface area contributed by atoms with E-state index in [-0.39, 0.29) is 8.46 Å². The Labute approximate surface area is 102 Å². The fraction of sp³-hybridized carbons (Fsp3) is 0.143. The maximum atomic E-state index is 11.0. The van der Waals surface area contributed by atoms with E-state index in [1.54, 1.807) is 7.11 Å². The first-order chi connectivity index (χ1) is 8.33. The van der Waals surface area contributed by atoms with Gasteiger partial charge in [-0.1, -0.05) is 30.3 Å². The van der Waals surface area contributed by atoms with Crippen LogP contribution in [0, 0.1) is 0 Å². The predicted octanol–water partition coefficient (Wildman–Crippen LogP) is 3.20. The van der Waals surface area contributed by atoms with Gasteiger partial charge in [-0.3, -0.25) is 4.57 Å². The second-order valence-electron chi connectivity index (χ2n) is 3.74. The van der Waals surface area contributed by atoms with Crippen molar-refractivity contribution in [3.63, 3.8) is 0 Å². The second kappa shape index (κ2) is 5.60. The van der Waals surface area contributed by atoms with E-state index in [1.165, 1.54) is 5.56 Å². The Morgan fingerprint density at radius 3 is 2.41 bits per heavy atom. The third kappa shape index (κ3) is 2.92. The van der Waals surface area contributed by atoms with Crippen LogP contribution in [0.15, 0.2) is 48.5 Å². The molecule has 0 unspecified atom stereocenters. The lowest BCUT2D eigenvalue weighted by atomic mass is 10.1. The van der Waals surface area contributed by atoms with Gasteiger partial charge in [0.15, 0.2) is 8.46 Å². The molecule has 2 rings (SSSR count). The maximum absolute atomic E-state index is 11.0. The minimum absolute atomic E-state index is 0.0756. The standard InChI is InChI=1S/C14H13O2P/c1-16-13-8-6-11(7-9-13)10-12-4-2-3-5-14(12)17-15/h2-9H,10H2,1H3. The Kier molecular flexibility index (Phi) is 3.89. The highest BCUT2D eigenvalue weighted by molar-refractivity contribution is 7.34. The van der Waals surface area contributed by atoms with E-state index in [1.807, 2.05) is 48.5 Å². The maximum Gasteiger partial charge on any atom is 0.192 e. The summed E-state index contributed by atoms with van der Waals surface area (Å²) in [5.74, 6) is 0.851. The summed E-state index contributed by atoms with van der Waals surface area (Å²) in [6.45, 7) is 0. The van der Waals surface area contributed by atoms with Gasteiger partial charge in [-0.05, 0) is 35.7 Å². The van der Waals surface area contributed by atoms with Crippen molar-refractivity contribution in [3.05, 3.63) is 59.7 Å². The van der Waals surface area contributed by atoms with Crippen LogP contribution in [-0.4, -0.2) is 7.11 Å². The summed E-state index contributed by atoms with van der Waals surface area (Å²) in [6.07, 6.45) is 0.787. The van der Waals surface area contributed by atoms with Crippen LogP contribution < -0.4 is 10.0 Å². The molecule has 0 spiro atoms. The molecule has 0 aliphatic rings. The summed E-state index contributed by atoms with van der Waals surface area (Å²) in [6, 6.07) is 15.7. The molecule has 2 aromatic carbocycles. The first-order valence-corrected chi connectivity index (χ1v) is 6.19. The monoisotopic (exact) mass is 244 g/mol. The summed E-state index contributed by atoms with van der Waals surface area (Å²) in [5.41, 5.74) is 2.27. The molecule has 86 valence electrons. The highest BCUT2D eigenvalue weighted by Gasteiger charge is 2.02. The van der Waals surface area contributed by atoms with Crippen molar-refractivity contribution >= 4 is 13.8 Å². The van der Waals surface area contributed by atoms with Crippen LogP contribution in [-0.2, 0) is 11.0 Å². The SMILES string of the molecule is COc1ccc(Cc2ccccc2P=O)cc1. The van der Waals surface area contributed by atoms with E-state index in [4.69, 9.17) is 4.74 Å². The molecular weight excluding hydrogens is 231 g/mol. The Morgan fingerprint density at radius 2 is 1.76 bits per heavy atom. The third-order valence-corrected chi connectivity index (χ3v) is 3.28. The van der Waals surface area contributed by atoms with Gasteiger partial charge in [-0.2, -0.15) is 0 Å². The Hall–Kier alpha value is -1.66. The molecule has 0 N–H and O–H groups in total. The van der Waals surface area contributed by atoms with Crippen molar-refractivity contribution in [2.75, 3.05) is 7.11 Å². The van der Waals surface area contributed by atoms with Crippen LogP contribution in [0.5, 0.6) is 5.75 Å². The first kappa shape index (κ1) is 11.8. The lowest BCUT2D eigenvalue weighted by Gasteiger charge is -2.05. The minimum Gasteiger partial charge on any atom is -0.497 e. The largest absolute Gasteiger partial charge is 0.497 e. The summed E-state index contributed by atoms with van der Waals surface area (Å²) in [5, 5.41) is 0.850. The fourth-order valence-corrected chi connectivity index (χ4v) is 2.13. The lowest BCUT2D eigenvalue weighted by molar-refractivity contribution is 0.414. The highest BCUT2D eigenvalue weighted by Crippen LogP contribution is 2.15. The van der Waals surface area contributed by atoms with Gasteiger partial charge in [-0.15, -0.1) is 0 Å². The van der Waals surface area contributed by atoms with E-state index in [0.29, 0.717) is 0 Å². The van der Waals surface area contributed by atoms with Gasteiger partial charge >= 0.3 is 0 Å². The molecule has 3 heteroatoms. The van der Waals surface area contributed by atoms with E-state index >= 15 is 0 Å². The Bertz CT molecular complexity index is 506. The van der Waals surface area contributed by atoms with Crippen LogP contribution in [0.25, 0.3) is 0 Å².